The van der Waals surface area contributed by atoms with Crippen LogP contribution in [-0.2, 0) is 19.5 Å². The predicted molar refractivity (Wildman–Crippen MR) is 112 cm³/mol. The van der Waals surface area contributed by atoms with Crippen molar-refractivity contribution in [2.75, 3.05) is 6.54 Å². The van der Waals surface area contributed by atoms with Crippen LogP contribution in [0.2, 0.25) is 0 Å². The fraction of sp³-hybridized carbons (Fsp3) is 0.182. The van der Waals surface area contributed by atoms with Crippen LogP contribution in [-0.4, -0.2) is 25.9 Å². The summed E-state index contributed by atoms with van der Waals surface area (Å²) in [6, 6.07) is 17.5. The second-order valence-corrected chi connectivity index (χ2v) is 7.22. The monoisotopic (exact) mass is 389 g/mol. The molecule has 6 rings (SSSR count). The molecule has 5 nitrogen and oxygen atoms in total. The van der Waals surface area contributed by atoms with Crippen molar-refractivity contribution in [2.45, 2.75) is 19.5 Å². The number of fused-ring (bicyclic) bond motifs is 4. The van der Waals surface area contributed by atoms with Gasteiger partial charge in [-0.3, -0.25) is 9.25 Å². The molecule has 0 spiro atoms. The number of hydrogen-bond acceptors (Lipinski definition) is 3. The molecule has 2 aromatic heterocycles. The summed E-state index contributed by atoms with van der Waals surface area (Å²) in [7, 11) is 0. The number of aromatic nitrogens is 4. The average molecular weight is 390 g/mol. The fourth-order valence-electron chi connectivity index (χ4n) is 4.28. The molecule has 28 heavy (non-hydrogen) atoms. The van der Waals surface area contributed by atoms with Gasteiger partial charge in [0.05, 0.1) is 12.2 Å². The molecule has 0 saturated carbocycles. The minimum absolute atomic E-state index is 0. The third kappa shape index (κ3) is 2.58. The van der Waals surface area contributed by atoms with Gasteiger partial charge in [0.25, 0.3) is 0 Å². The highest BCUT2D eigenvalue weighted by atomic mass is 35.5. The number of hydrogen-bond donors (Lipinski definition) is 1. The van der Waals surface area contributed by atoms with Gasteiger partial charge in [-0.15, -0.1) is 12.4 Å². The second kappa shape index (κ2) is 6.62. The Bertz CT molecular complexity index is 1150. The molecule has 2 aromatic carbocycles. The zero-order chi connectivity index (χ0) is 17.8. The van der Waals surface area contributed by atoms with E-state index in [0.29, 0.717) is 0 Å². The van der Waals surface area contributed by atoms with Crippen LogP contribution in [0.1, 0.15) is 16.8 Å². The highest BCUT2D eigenvalue weighted by Crippen LogP contribution is 2.37. The molecule has 140 valence electrons. The van der Waals surface area contributed by atoms with Crippen LogP contribution in [0.5, 0.6) is 0 Å². The number of halogens is 1. The summed E-state index contributed by atoms with van der Waals surface area (Å²) in [6.45, 7) is 2.74. The van der Waals surface area contributed by atoms with Gasteiger partial charge in [0.15, 0.2) is 5.82 Å². The van der Waals surface area contributed by atoms with Crippen LogP contribution >= 0.6 is 12.4 Å². The maximum atomic E-state index is 4.78. The van der Waals surface area contributed by atoms with Gasteiger partial charge in [0.2, 0.25) is 0 Å². The van der Waals surface area contributed by atoms with Gasteiger partial charge in [0.1, 0.15) is 5.69 Å². The molecule has 1 aliphatic carbocycles. The summed E-state index contributed by atoms with van der Waals surface area (Å²) in [4.78, 5) is 4.61. The molecule has 6 heteroatoms. The maximum absolute atomic E-state index is 4.78. The van der Waals surface area contributed by atoms with E-state index in [1.807, 2.05) is 12.4 Å². The van der Waals surface area contributed by atoms with E-state index in [9.17, 15) is 0 Å². The highest BCUT2D eigenvalue weighted by Gasteiger charge is 2.20. The average Bonchev–Trinajstić information content (AvgIpc) is 3.42. The molecule has 0 amide bonds. The number of nitrogens with one attached hydrogen (secondary N) is 1. The van der Waals surface area contributed by atoms with Crippen LogP contribution < -0.4 is 5.32 Å². The molecular weight excluding hydrogens is 370 g/mol. The SMILES string of the molecule is Cl.c1ccc2c(c1)Cc1cc(-n3ccnc3-c3cc4n(n3)CCNC4)ccc1-2. The van der Waals surface area contributed by atoms with Crippen molar-refractivity contribution >= 4 is 12.4 Å². The fourth-order valence-corrected chi connectivity index (χ4v) is 4.28. The largest absolute Gasteiger partial charge is 0.309 e. The molecule has 0 atom stereocenters. The van der Waals surface area contributed by atoms with E-state index in [4.69, 9.17) is 5.10 Å². The minimum Gasteiger partial charge on any atom is -0.309 e. The summed E-state index contributed by atoms with van der Waals surface area (Å²) in [6.07, 6.45) is 4.87. The normalized spacial score (nSPS) is 14.1. The predicted octanol–water partition coefficient (Wildman–Crippen LogP) is 3.83. The van der Waals surface area contributed by atoms with Gasteiger partial charge in [-0.1, -0.05) is 30.3 Å². The van der Waals surface area contributed by atoms with Gasteiger partial charge in [-0.2, -0.15) is 5.10 Å². The van der Waals surface area contributed by atoms with E-state index < -0.39 is 0 Å². The number of imidazole rings is 1. The van der Waals surface area contributed by atoms with Crippen LogP contribution in [0, 0.1) is 0 Å². The Morgan fingerprint density at radius 2 is 1.86 bits per heavy atom. The Balaban J connectivity index is 0.00000171. The van der Waals surface area contributed by atoms with E-state index in [0.717, 1.165) is 43.3 Å². The Hall–Kier alpha value is -2.89. The third-order valence-corrected chi connectivity index (χ3v) is 5.60. The van der Waals surface area contributed by atoms with Crippen molar-refractivity contribution in [2.24, 2.45) is 0 Å². The molecule has 1 N–H and O–H groups in total. The van der Waals surface area contributed by atoms with E-state index in [1.165, 1.54) is 27.9 Å². The first-order valence-electron chi connectivity index (χ1n) is 9.39. The topological polar surface area (TPSA) is 47.7 Å². The molecule has 4 aromatic rings. The lowest BCUT2D eigenvalue weighted by molar-refractivity contribution is 0.476. The molecule has 0 fully saturated rings. The van der Waals surface area contributed by atoms with Gasteiger partial charge in [0, 0.05) is 31.2 Å². The van der Waals surface area contributed by atoms with Crippen LogP contribution in [0.25, 0.3) is 28.3 Å². The first-order valence-corrected chi connectivity index (χ1v) is 9.39. The molecule has 3 heterocycles. The van der Waals surface area contributed by atoms with E-state index >= 15 is 0 Å². The lowest BCUT2D eigenvalue weighted by Crippen LogP contribution is -2.28. The van der Waals surface area contributed by atoms with Crippen LogP contribution in [0.3, 0.4) is 0 Å². The number of benzene rings is 2. The van der Waals surface area contributed by atoms with E-state index in [1.54, 1.807) is 0 Å². The Kier molecular flexibility index (Phi) is 4.07. The highest BCUT2D eigenvalue weighted by molar-refractivity contribution is 5.85. The zero-order valence-electron chi connectivity index (χ0n) is 15.3. The lowest BCUT2D eigenvalue weighted by Gasteiger charge is -2.13. The van der Waals surface area contributed by atoms with Crippen LogP contribution in [0.15, 0.2) is 60.9 Å². The zero-order valence-corrected chi connectivity index (χ0v) is 16.1. The summed E-state index contributed by atoms with van der Waals surface area (Å²) in [5.41, 5.74) is 8.78. The van der Waals surface area contributed by atoms with Crippen LogP contribution in [0.4, 0.5) is 0 Å². The van der Waals surface area contributed by atoms with Crippen molar-refractivity contribution in [3.05, 3.63) is 77.7 Å². The van der Waals surface area contributed by atoms with Crippen molar-refractivity contribution in [1.29, 1.82) is 0 Å². The maximum Gasteiger partial charge on any atom is 0.165 e. The lowest BCUT2D eigenvalue weighted by atomic mass is 10.1. The first kappa shape index (κ1) is 17.2. The number of nitrogens with zero attached hydrogens (tertiary/aromatic N) is 4. The van der Waals surface area contributed by atoms with Gasteiger partial charge < -0.3 is 5.32 Å². The smallest absolute Gasteiger partial charge is 0.165 e. The summed E-state index contributed by atoms with van der Waals surface area (Å²) in [5, 5.41) is 8.17. The van der Waals surface area contributed by atoms with Crippen molar-refractivity contribution in [1.82, 2.24) is 24.6 Å². The Morgan fingerprint density at radius 1 is 0.964 bits per heavy atom. The molecule has 0 bridgehead atoms. The van der Waals surface area contributed by atoms with E-state index in [-0.39, 0.29) is 12.4 Å². The molecular formula is C22H20ClN5. The van der Waals surface area contributed by atoms with Crippen molar-refractivity contribution in [3.8, 4) is 28.3 Å². The van der Waals surface area contributed by atoms with Crippen molar-refractivity contribution < 1.29 is 0 Å². The summed E-state index contributed by atoms with van der Waals surface area (Å²) in [5.74, 6) is 0.896. The van der Waals surface area contributed by atoms with Gasteiger partial charge >= 0.3 is 0 Å². The number of rotatable bonds is 2. The minimum atomic E-state index is 0. The molecule has 0 saturated heterocycles. The van der Waals surface area contributed by atoms with E-state index in [2.05, 4.69) is 68.1 Å². The second-order valence-electron chi connectivity index (χ2n) is 7.22. The third-order valence-electron chi connectivity index (χ3n) is 5.60. The Labute approximate surface area is 169 Å². The molecule has 1 aliphatic heterocycles. The summed E-state index contributed by atoms with van der Waals surface area (Å²) >= 11 is 0. The van der Waals surface area contributed by atoms with Gasteiger partial charge in [-0.05, 0) is 46.9 Å². The summed E-state index contributed by atoms with van der Waals surface area (Å²) < 4.78 is 4.23. The quantitative estimate of drug-likeness (QED) is 0.499. The Morgan fingerprint density at radius 3 is 2.79 bits per heavy atom. The molecule has 0 radical (unpaired) electrons. The van der Waals surface area contributed by atoms with Gasteiger partial charge in [-0.25, -0.2) is 4.98 Å². The molecule has 2 aliphatic rings. The molecule has 0 unspecified atom stereocenters. The standard InChI is InChI=1S/C22H19N5.ClH/c1-2-4-19-15(3-1)11-16-12-17(5-6-20(16)19)26-9-8-24-22(26)21-13-18-14-23-7-10-27(18)25-21;/h1-6,8-9,12-13,23H,7,10-11,14H2;1H. The first-order chi connectivity index (χ1) is 13.4. The van der Waals surface area contributed by atoms with Crippen molar-refractivity contribution in [3.63, 3.8) is 0 Å².